The van der Waals surface area contributed by atoms with E-state index in [0.717, 1.165) is 27.9 Å². The van der Waals surface area contributed by atoms with Crippen LogP contribution in [0.2, 0.25) is 0 Å². The zero-order chi connectivity index (χ0) is 12.1. The summed E-state index contributed by atoms with van der Waals surface area (Å²) in [6.07, 6.45) is 10.6. The molecule has 0 bridgehead atoms. The highest BCUT2D eigenvalue weighted by atomic mass is 127. The molecule has 1 aromatic heterocycles. The van der Waals surface area contributed by atoms with Crippen LogP contribution in [0, 0.1) is 15.4 Å². The first-order chi connectivity index (χ1) is 8.24. The van der Waals surface area contributed by atoms with E-state index in [2.05, 4.69) is 44.8 Å². The lowest BCUT2D eigenvalue weighted by molar-refractivity contribution is 0.282. The molecule has 1 N–H and O–H groups in total. The Labute approximate surface area is 117 Å². The molecule has 0 aromatic carbocycles. The number of rotatable bonds is 4. The van der Waals surface area contributed by atoms with Crippen LogP contribution in [0.4, 0.5) is 5.95 Å². The Bertz CT molecular complexity index is 331. The van der Waals surface area contributed by atoms with Gasteiger partial charge in [-0.05, 0) is 40.8 Å². The van der Waals surface area contributed by atoms with Crippen molar-refractivity contribution in [2.75, 3.05) is 11.9 Å². The van der Waals surface area contributed by atoms with Crippen molar-refractivity contribution in [2.45, 2.75) is 39.0 Å². The molecule has 0 radical (unpaired) electrons. The van der Waals surface area contributed by atoms with Gasteiger partial charge in [-0.2, -0.15) is 0 Å². The third kappa shape index (κ3) is 4.41. The molecule has 94 valence electrons. The summed E-state index contributed by atoms with van der Waals surface area (Å²) in [7, 11) is 0. The Balaban J connectivity index is 1.67. The van der Waals surface area contributed by atoms with E-state index in [1.165, 1.54) is 32.1 Å². The van der Waals surface area contributed by atoms with E-state index in [1.807, 2.05) is 12.4 Å². The molecule has 1 aliphatic carbocycles. The second kappa shape index (κ2) is 6.52. The van der Waals surface area contributed by atoms with Gasteiger partial charge >= 0.3 is 0 Å². The Morgan fingerprint density at radius 1 is 1.24 bits per heavy atom. The summed E-state index contributed by atoms with van der Waals surface area (Å²) in [5, 5.41) is 3.30. The minimum atomic E-state index is 0.759. The van der Waals surface area contributed by atoms with Crippen LogP contribution in [0.1, 0.15) is 39.0 Å². The Morgan fingerprint density at radius 3 is 2.53 bits per heavy atom. The van der Waals surface area contributed by atoms with Crippen LogP contribution in [-0.2, 0) is 0 Å². The van der Waals surface area contributed by atoms with E-state index in [4.69, 9.17) is 0 Å². The van der Waals surface area contributed by atoms with Crippen LogP contribution < -0.4 is 5.32 Å². The molecule has 0 spiro atoms. The van der Waals surface area contributed by atoms with Crippen molar-refractivity contribution in [1.82, 2.24) is 9.97 Å². The summed E-state index contributed by atoms with van der Waals surface area (Å²) in [5.41, 5.74) is 0. The van der Waals surface area contributed by atoms with E-state index < -0.39 is 0 Å². The normalized spacial score (nSPS) is 24.6. The molecule has 4 heteroatoms. The summed E-state index contributed by atoms with van der Waals surface area (Å²) in [6, 6.07) is 0. The van der Waals surface area contributed by atoms with Crippen molar-refractivity contribution in [1.29, 1.82) is 0 Å². The third-order valence-electron chi connectivity index (χ3n) is 3.59. The molecule has 1 fully saturated rings. The Morgan fingerprint density at radius 2 is 1.88 bits per heavy atom. The van der Waals surface area contributed by atoms with E-state index in [9.17, 15) is 0 Å². The van der Waals surface area contributed by atoms with Crippen molar-refractivity contribution < 1.29 is 0 Å². The average Bonchev–Trinajstić information content (AvgIpc) is 2.34. The molecule has 0 unspecified atom stereocenters. The average molecular weight is 345 g/mol. The van der Waals surface area contributed by atoms with E-state index >= 15 is 0 Å². The molecular weight excluding hydrogens is 325 g/mol. The maximum absolute atomic E-state index is 4.24. The van der Waals surface area contributed by atoms with E-state index in [0.29, 0.717) is 0 Å². The minimum absolute atomic E-state index is 0.759. The highest BCUT2D eigenvalue weighted by Crippen LogP contribution is 2.30. The lowest BCUT2D eigenvalue weighted by Gasteiger charge is -2.26. The van der Waals surface area contributed by atoms with Crippen molar-refractivity contribution in [3.8, 4) is 0 Å². The van der Waals surface area contributed by atoms with Gasteiger partial charge in [-0.1, -0.05) is 32.6 Å². The quantitative estimate of drug-likeness (QED) is 0.846. The zero-order valence-electron chi connectivity index (χ0n) is 10.3. The predicted octanol–water partition coefficient (Wildman–Crippen LogP) is 3.71. The molecular formula is C13H20IN3. The van der Waals surface area contributed by atoms with Gasteiger partial charge in [0.15, 0.2) is 0 Å². The number of anilines is 1. The highest BCUT2D eigenvalue weighted by Gasteiger charge is 2.17. The van der Waals surface area contributed by atoms with Gasteiger partial charge in [-0.15, -0.1) is 0 Å². The molecule has 1 aromatic rings. The fraction of sp³-hybridized carbons (Fsp3) is 0.692. The number of hydrogen-bond acceptors (Lipinski definition) is 3. The van der Waals surface area contributed by atoms with E-state index in [-0.39, 0.29) is 0 Å². The van der Waals surface area contributed by atoms with Crippen LogP contribution in [0.25, 0.3) is 0 Å². The minimum Gasteiger partial charge on any atom is -0.354 e. The largest absolute Gasteiger partial charge is 0.354 e. The number of nitrogens with one attached hydrogen (secondary N) is 1. The lowest BCUT2D eigenvalue weighted by atomic mass is 9.81. The van der Waals surface area contributed by atoms with Gasteiger partial charge < -0.3 is 5.32 Å². The maximum atomic E-state index is 4.24. The first-order valence-corrected chi connectivity index (χ1v) is 7.53. The first-order valence-electron chi connectivity index (χ1n) is 6.45. The van der Waals surface area contributed by atoms with Gasteiger partial charge in [-0.3, -0.25) is 0 Å². The van der Waals surface area contributed by atoms with Crippen LogP contribution in [0.3, 0.4) is 0 Å². The number of nitrogens with zero attached hydrogens (tertiary/aromatic N) is 2. The lowest BCUT2D eigenvalue weighted by Crippen LogP contribution is -2.16. The summed E-state index contributed by atoms with van der Waals surface area (Å²) < 4.78 is 1.08. The van der Waals surface area contributed by atoms with Gasteiger partial charge in [0, 0.05) is 22.5 Å². The zero-order valence-corrected chi connectivity index (χ0v) is 12.5. The van der Waals surface area contributed by atoms with Gasteiger partial charge in [0.05, 0.1) is 0 Å². The topological polar surface area (TPSA) is 37.8 Å². The number of hydrogen-bond donors (Lipinski definition) is 1. The molecule has 1 saturated carbocycles. The SMILES string of the molecule is CC1CCC(CCNc2ncc(I)cn2)CC1. The summed E-state index contributed by atoms with van der Waals surface area (Å²) >= 11 is 2.22. The standard InChI is InChI=1S/C13H20IN3/c1-10-2-4-11(5-3-10)6-7-15-13-16-8-12(14)9-17-13/h8-11H,2-7H2,1H3,(H,15,16,17). The van der Waals surface area contributed by atoms with Crippen molar-refractivity contribution in [2.24, 2.45) is 11.8 Å². The van der Waals surface area contributed by atoms with E-state index in [1.54, 1.807) is 0 Å². The summed E-state index contributed by atoms with van der Waals surface area (Å²) in [5.74, 6) is 2.61. The molecule has 0 atom stereocenters. The monoisotopic (exact) mass is 345 g/mol. The molecule has 1 aliphatic rings. The van der Waals surface area contributed by atoms with Gasteiger partial charge in [0.1, 0.15) is 0 Å². The molecule has 1 heterocycles. The Hall–Kier alpha value is -0.390. The smallest absolute Gasteiger partial charge is 0.222 e. The highest BCUT2D eigenvalue weighted by molar-refractivity contribution is 14.1. The second-order valence-electron chi connectivity index (χ2n) is 5.07. The third-order valence-corrected chi connectivity index (χ3v) is 4.15. The summed E-state index contributed by atoms with van der Waals surface area (Å²) in [6.45, 7) is 3.37. The molecule has 0 saturated heterocycles. The van der Waals surface area contributed by atoms with Crippen molar-refractivity contribution >= 4 is 28.5 Å². The molecule has 0 aliphatic heterocycles. The van der Waals surface area contributed by atoms with Crippen molar-refractivity contribution in [3.63, 3.8) is 0 Å². The second-order valence-corrected chi connectivity index (χ2v) is 6.31. The molecule has 3 nitrogen and oxygen atoms in total. The van der Waals surface area contributed by atoms with Crippen LogP contribution in [0.5, 0.6) is 0 Å². The first kappa shape index (κ1) is 13.1. The van der Waals surface area contributed by atoms with Crippen LogP contribution in [0.15, 0.2) is 12.4 Å². The predicted molar refractivity (Wildman–Crippen MR) is 79.0 cm³/mol. The summed E-state index contributed by atoms with van der Waals surface area (Å²) in [4.78, 5) is 8.49. The van der Waals surface area contributed by atoms with Crippen molar-refractivity contribution in [3.05, 3.63) is 16.0 Å². The fourth-order valence-electron chi connectivity index (χ4n) is 2.41. The van der Waals surface area contributed by atoms with Gasteiger partial charge in [0.2, 0.25) is 5.95 Å². The van der Waals surface area contributed by atoms with Gasteiger partial charge in [0.25, 0.3) is 0 Å². The molecule has 0 amide bonds. The Kier molecular flexibility index (Phi) is 5.00. The molecule has 2 rings (SSSR count). The van der Waals surface area contributed by atoms with Crippen LogP contribution in [-0.4, -0.2) is 16.5 Å². The molecule has 17 heavy (non-hydrogen) atoms. The maximum Gasteiger partial charge on any atom is 0.222 e. The van der Waals surface area contributed by atoms with Gasteiger partial charge in [-0.25, -0.2) is 9.97 Å². The number of halogens is 1. The number of aromatic nitrogens is 2. The van der Waals surface area contributed by atoms with Crippen LogP contribution >= 0.6 is 22.6 Å². The fourth-order valence-corrected chi connectivity index (χ4v) is 2.69.